The Bertz CT molecular complexity index is 173. The van der Waals surface area contributed by atoms with Crippen molar-refractivity contribution in [2.45, 2.75) is 58.5 Å². The summed E-state index contributed by atoms with van der Waals surface area (Å²) in [6.45, 7) is 9.37. The van der Waals surface area contributed by atoms with Crippen LogP contribution in [-0.2, 0) is 0 Å². The molecule has 16 heavy (non-hydrogen) atoms. The minimum atomic E-state index is 0. The number of likely N-dealkylation sites (tertiary alicyclic amines) is 1. The Balaban J connectivity index is 0.00000225. The van der Waals surface area contributed by atoms with Crippen LogP contribution in [0, 0.1) is 5.92 Å². The van der Waals surface area contributed by atoms with E-state index in [1.807, 2.05) is 7.05 Å². The molecule has 0 aromatic rings. The third-order valence-corrected chi connectivity index (χ3v) is 3.52. The van der Waals surface area contributed by atoms with E-state index in [0.29, 0.717) is 6.04 Å². The van der Waals surface area contributed by atoms with Crippen LogP contribution in [0.1, 0.15) is 46.5 Å². The second kappa shape index (κ2) is 8.59. The van der Waals surface area contributed by atoms with Crippen molar-refractivity contribution >= 4 is 0 Å². The summed E-state index contributed by atoms with van der Waals surface area (Å²) in [7, 11) is 1.98. The summed E-state index contributed by atoms with van der Waals surface area (Å²) in [5, 5.41) is 4.52. The Hall–Kier alpha value is 0.517. The molecule has 1 aliphatic rings. The molecule has 0 spiro atoms. The average Bonchev–Trinajstić information content (AvgIpc) is 2.63. The summed E-state index contributed by atoms with van der Waals surface area (Å²) in [6.07, 6.45) is 5.33. The molecule has 0 saturated carbocycles. The molecule has 1 aliphatic heterocycles. The summed E-state index contributed by atoms with van der Waals surface area (Å²) >= 11 is 0. The van der Waals surface area contributed by atoms with Gasteiger partial charge in [-0.3, -0.25) is 0 Å². The molecule has 3 heteroatoms. The van der Waals surface area contributed by atoms with Crippen molar-refractivity contribution in [2.24, 2.45) is 5.92 Å². The molecule has 2 nitrogen and oxygen atoms in total. The summed E-state index contributed by atoms with van der Waals surface area (Å²) in [6, 6.07) is 1.39. The maximum atomic E-state index is 4.52. The summed E-state index contributed by atoms with van der Waals surface area (Å²) in [4.78, 5) is 2.65. The number of likely N-dealkylation sites (N-methyl/N-ethyl adjacent to an activating group) is 1. The molecule has 1 saturated heterocycles. The molecule has 1 fully saturated rings. The fraction of sp³-hybridized carbons (Fsp3) is 1.00. The van der Waals surface area contributed by atoms with Gasteiger partial charge in [0.1, 0.15) is 0 Å². The van der Waals surface area contributed by atoms with Crippen LogP contribution in [-0.4, -0.2) is 37.1 Å². The van der Waals surface area contributed by atoms with E-state index in [4.69, 9.17) is 0 Å². The molecule has 90 valence electrons. The monoisotopic (exact) mass is 218 g/mol. The second-order valence-corrected chi connectivity index (χ2v) is 5.24. The van der Waals surface area contributed by atoms with Gasteiger partial charge in [0.2, 0.25) is 0 Å². The zero-order valence-corrected chi connectivity index (χ0v) is 11.9. The summed E-state index contributed by atoms with van der Waals surface area (Å²) < 4.78 is 0. The summed E-state index contributed by atoms with van der Waals surface area (Å²) in [5.41, 5.74) is 0. The molecule has 0 bridgehead atoms. The molecule has 0 aromatic carbocycles. The average molecular weight is 218 g/mol. The molecule has 0 amide bonds. The summed E-state index contributed by atoms with van der Waals surface area (Å²) in [5.74, 6) is 0.765. The fourth-order valence-corrected chi connectivity index (χ4v) is 2.67. The number of hydrogen-bond donors (Lipinski definition) is 0. The van der Waals surface area contributed by atoms with Crippen molar-refractivity contribution in [1.82, 2.24) is 4.90 Å². The van der Waals surface area contributed by atoms with Gasteiger partial charge >= 0.3 is 18.9 Å². The van der Waals surface area contributed by atoms with Crippen LogP contribution in [0.2, 0.25) is 0 Å². The van der Waals surface area contributed by atoms with E-state index < -0.39 is 0 Å². The Morgan fingerprint density at radius 3 is 2.56 bits per heavy atom. The van der Waals surface area contributed by atoms with Gasteiger partial charge in [-0.15, -0.1) is 6.04 Å². The first-order chi connectivity index (χ1) is 7.17. The van der Waals surface area contributed by atoms with Gasteiger partial charge in [0, 0.05) is 6.04 Å². The van der Waals surface area contributed by atoms with Crippen molar-refractivity contribution in [3.05, 3.63) is 5.32 Å². The van der Waals surface area contributed by atoms with Gasteiger partial charge in [-0.2, -0.15) is 7.05 Å². The third kappa shape index (κ3) is 5.23. The van der Waals surface area contributed by atoms with Crippen LogP contribution in [0.5, 0.6) is 0 Å². The maximum absolute atomic E-state index is 4.52. The van der Waals surface area contributed by atoms with E-state index in [2.05, 4.69) is 31.0 Å². The zero-order chi connectivity index (χ0) is 11.3. The van der Waals surface area contributed by atoms with Gasteiger partial charge in [0.25, 0.3) is 0 Å². The van der Waals surface area contributed by atoms with Crippen molar-refractivity contribution in [3.8, 4) is 0 Å². The first kappa shape index (κ1) is 16.5. The van der Waals surface area contributed by atoms with Crippen LogP contribution >= 0.6 is 0 Å². The topological polar surface area (TPSA) is 17.3 Å². The quantitative estimate of drug-likeness (QED) is 0.586. The van der Waals surface area contributed by atoms with Crippen LogP contribution < -0.4 is 18.9 Å². The Morgan fingerprint density at radius 1 is 1.38 bits per heavy atom. The van der Waals surface area contributed by atoms with E-state index in [1.165, 1.54) is 38.8 Å². The largest absolute Gasteiger partial charge is 1.00 e. The van der Waals surface area contributed by atoms with Crippen LogP contribution in [0.3, 0.4) is 0 Å². The third-order valence-electron chi connectivity index (χ3n) is 3.52. The number of nitrogens with zero attached hydrogens (tertiary/aromatic N) is 2. The van der Waals surface area contributed by atoms with Gasteiger partial charge in [0.05, 0.1) is 0 Å². The van der Waals surface area contributed by atoms with E-state index in [9.17, 15) is 0 Å². The fourth-order valence-electron chi connectivity index (χ4n) is 2.67. The van der Waals surface area contributed by atoms with Crippen molar-refractivity contribution < 1.29 is 18.9 Å². The molecule has 0 unspecified atom stereocenters. The van der Waals surface area contributed by atoms with Crippen LogP contribution in [0.25, 0.3) is 5.32 Å². The van der Waals surface area contributed by atoms with E-state index >= 15 is 0 Å². The van der Waals surface area contributed by atoms with Crippen molar-refractivity contribution in [1.29, 1.82) is 0 Å². The molecule has 0 aliphatic carbocycles. The van der Waals surface area contributed by atoms with E-state index in [1.54, 1.807) is 0 Å². The predicted octanol–water partition coefficient (Wildman–Crippen LogP) is 0.283. The Morgan fingerprint density at radius 2 is 2.06 bits per heavy atom. The number of hydrogen-bond acceptors (Lipinski definition) is 1. The van der Waals surface area contributed by atoms with Crippen LogP contribution in [0.15, 0.2) is 0 Å². The molecule has 0 radical (unpaired) electrons. The first-order valence-corrected chi connectivity index (χ1v) is 6.50. The standard InChI is InChI=1S/C13H27N2.Li/c1-5-13-7-6-8-15(13)10-12(14-4)9-11(2)3;/h11-13H,5-10H2,1-4H3;/q-1;+1/t12-,13+;/m0./s1. The molecule has 0 N–H and O–H groups in total. The second-order valence-electron chi connectivity index (χ2n) is 5.24. The van der Waals surface area contributed by atoms with Gasteiger partial charge in [-0.05, 0) is 38.3 Å². The maximum Gasteiger partial charge on any atom is 1.00 e. The minimum absolute atomic E-state index is 0. The van der Waals surface area contributed by atoms with Crippen molar-refractivity contribution in [2.75, 3.05) is 20.1 Å². The van der Waals surface area contributed by atoms with Crippen molar-refractivity contribution in [3.63, 3.8) is 0 Å². The Kier molecular flexibility index (Phi) is 8.86. The van der Waals surface area contributed by atoms with Gasteiger partial charge in [-0.1, -0.05) is 27.2 Å². The molecular weight excluding hydrogens is 191 g/mol. The van der Waals surface area contributed by atoms with E-state index in [0.717, 1.165) is 12.0 Å². The number of rotatable bonds is 6. The molecule has 1 heterocycles. The zero-order valence-electron chi connectivity index (χ0n) is 11.9. The van der Waals surface area contributed by atoms with Gasteiger partial charge in [-0.25, -0.2) is 0 Å². The normalized spacial score (nSPS) is 23.4. The molecule has 0 aromatic heterocycles. The SMILES string of the molecule is CC[C@@H]1CCCN1C[C@H](CC(C)C)[N-]C.[Li+]. The van der Waals surface area contributed by atoms with Crippen LogP contribution in [0.4, 0.5) is 0 Å². The van der Waals surface area contributed by atoms with Gasteiger partial charge in [0.15, 0.2) is 0 Å². The Labute approximate surface area is 114 Å². The smallest absolute Gasteiger partial charge is 0.661 e. The molecule has 1 rings (SSSR count). The van der Waals surface area contributed by atoms with Gasteiger partial charge < -0.3 is 10.2 Å². The molecule has 2 atom stereocenters. The predicted molar refractivity (Wildman–Crippen MR) is 67.4 cm³/mol. The minimum Gasteiger partial charge on any atom is -0.661 e. The first-order valence-electron chi connectivity index (χ1n) is 6.50. The van der Waals surface area contributed by atoms with E-state index in [-0.39, 0.29) is 18.9 Å². The molecular formula is C13H27LiN2.